The maximum Gasteiger partial charge on any atom is 0.338 e. The Hall–Kier alpha value is -2.86. The van der Waals surface area contributed by atoms with Gasteiger partial charge >= 0.3 is 23.9 Å². The van der Waals surface area contributed by atoms with Crippen molar-refractivity contribution < 1.29 is 57.9 Å². The number of rotatable bonds is 13. The summed E-state index contributed by atoms with van der Waals surface area (Å²) in [4.78, 5) is 67.1. The molecule has 146 valence electrons. The van der Waals surface area contributed by atoms with Crippen LogP contribution in [0.1, 0.15) is 12.8 Å². The lowest BCUT2D eigenvalue weighted by atomic mass is 10.1. The first-order chi connectivity index (χ1) is 12.2. The average Bonchev–Trinajstić information content (AvgIpc) is 2.60. The molecule has 26 heavy (non-hydrogen) atoms. The van der Waals surface area contributed by atoms with E-state index in [9.17, 15) is 28.8 Å². The van der Waals surface area contributed by atoms with Gasteiger partial charge in [0, 0.05) is 12.8 Å². The van der Waals surface area contributed by atoms with E-state index in [0.29, 0.717) is 0 Å². The number of carbonyl (C=O) groups is 6. The third kappa shape index (κ3) is 6.94. The van der Waals surface area contributed by atoms with E-state index in [4.69, 9.17) is 19.7 Å². The average molecular weight is 378 g/mol. The minimum absolute atomic E-state index is 0.202. The lowest BCUT2D eigenvalue weighted by Gasteiger charge is -2.27. The quantitative estimate of drug-likeness (QED) is 0.271. The Kier molecular flexibility index (Phi) is 10.4. The summed E-state index contributed by atoms with van der Waals surface area (Å²) in [6.45, 7) is 0. The van der Waals surface area contributed by atoms with Gasteiger partial charge in [-0.2, -0.15) is 0 Å². The van der Waals surface area contributed by atoms with E-state index in [1.165, 1.54) is 0 Å². The van der Waals surface area contributed by atoms with E-state index < -0.39 is 61.1 Å². The van der Waals surface area contributed by atoms with Crippen molar-refractivity contribution in [2.45, 2.75) is 37.3 Å². The molecule has 2 N–H and O–H groups in total. The molecule has 4 atom stereocenters. The van der Waals surface area contributed by atoms with Gasteiger partial charge < -0.3 is 38.7 Å². The molecule has 0 aliphatic carbocycles. The fraction of sp³-hybridized carbons (Fsp3) is 0.571. The standard InChI is InChI=1S/C14H18O12/c1-23-13(21)9(25-7(3-5-15)11(17)18)10(14(22)24-2)26-8(4-6-16)12(19)20/h5-10H,3-4H2,1-2H3,(H,17,18)(H,19,20). The Morgan fingerprint density at radius 3 is 1.27 bits per heavy atom. The van der Waals surface area contributed by atoms with Gasteiger partial charge in [-0.05, 0) is 0 Å². The van der Waals surface area contributed by atoms with Gasteiger partial charge in [0.2, 0.25) is 0 Å². The normalized spacial score (nSPS) is 15.0. The molecule has 0 aliphatic heterocycles. The van der Waals surface area contributed by atoms with Gasteiger partial charge in [-0.25, -0.2) is 19.2 Å². The highest BCUT2D eigenvalue weighted by molar-refractivity contribution is 5.87. The molecule has 0 aromatic heterocycles. The first kappa shape index (κ1) is 23.1. The summed E-state index contributed by atoms with van der Waals surface area (Å²) in [5, 5.41) is 18.0. The molecule has 0 rings (SSSR count). The van der Waals surface area contributed by atoms with Crippen LogP contribution in [0.3, 0.4) is 0 Å². The van der Waals surface area contributed by atoms with Crippen molar-refractivity contribution in [1.82, 2.24) is 0 Å². The largest absolute Gasteiger partial charge is 0.479 e. The summed E-state index contributed by atoms with van der Waals surface area (Å²) in [7, 11) is 1.78. The van der Waals surface area contributed by atoms with Gasteiger partial charge in [-0.1, -0.05) is 0 Å². The number of carboxylic acid groups (broad SMARTS) is 2. The summed E-state index contributed by atoms with van der Waals surface area (Å²) in [6.07, 6.45) is -8.77. The molecule has 0 spiro atoms. The molecule has 4 unspecified atom stereocenters. The zero-order chi connectivity index (χ0) is 20.3. The molecule has 0 radical (unpaired) electrons. The van der Waals surface area contributed by atoms with E-state index in [1.54, 1.807) is 0 Å². The van der Waals surface area contributed by atoms with Crippen LogP contribution in [0.15, 0.2) is 0 Å². The molecule has 0 heterocycles. The summed E-state index contributed by atoms with van der Waals surface area (Å²) in [5.74, 6) is -5.82. The van der Waals surface area contributed by atoms with Crippen molar-refractivity contribution in [2.24, 2.45) is 0 Å². The maximum absolute atomic E-state index is 11.9. The molecule has 12 nitrogen and oxygen atoms in total. The van der Waals surface area contributed by atoms with E-state index in [0.717, 1.165) is 14.2 Å². The van der Waals surface area contributed by atoms with Gasteiger partial charge in [0.15, 0.2) is 24.4 Å². The molecule has 0 bridgehead atoms. The highest BCUT2D eigenvalue weighted by Gasteiger charge is 2.43. The van der Waals surface area contributed by atoms with E-state index in [-0.39, 0.29) is 12.6 Å². The first-order valence-corrected chi connectivity index (χ1v) is 7.02. The van der Waals surface area contributed by atoms with E-state index >= 15 is 0 Å². The lowest BCUT2D eigenvalue weighted by molar-refractivity contribution is -0.198. The predicted octanol–water partition coefficient (Wildman–Crippen LogP) is -1.81. The number of aldehydes is 2. The Morgan fingerprint density at radius 2 is 1.08 bits per heavy atom. The first-order valence-electron chi connectivity index (χ1n) is 7.02. The number of methoxy groups -OCH3 is 2. The number of hydrogen-bond acceptors (Lipinski definition) is 10. The minimum Gasteiger partial charge on any atom is -0.479 e. The highest BCUT2D eigenvalue weighted by atomic mass is 16.6. The molecular formula is C14H18O12. The molecule has 0 amide bonds. The number of carboxylic acids is 2. The van der Waals surface area contributed by atoms with Crippen molar-refractivity contribution in [1.29, 1.82) is 0 Å². The second-order valence-corrected chi connectivity index (χ2v) is 4.62. The van der Waals surface area contributed by atoms with Crippen LogP contribution in [0.25, 0.3) is 0 Å². The molecular weight excluding hydrogens is 360 g/mol. The predicted molar refractivity (Wildman–Crippen MR) is 78.0 cm³/mol. The zero-order valence-electron chi connectivity index (χ0n) is 13.9. The molecule has 12 heteroatoms. The summed E-state index contributed by atoms with van der Waals surface area (Å²) < 4.78 is 18.7. The van der Waals surface area contributed by atoms with Crippen LogP contribution in [0.2, 0.25) is 0 Å². The summed E-state index contributed by atoms with van der Waals surface area (Å²) >= 11 is 0. The van der Waals surface area contributed by atoms with Crippen LogP contribution >= 0.6 is 0 Å². The third-order valence-corrected chi connectivity index (χ3v) is 2.94. The van der Waals surface area contributed by atoms with Crippen molar-refractivity contribution in [3.63, 3.8) is 0 Å². The van der Waals surface area contributed by atoms with Crippen molar-refractivity contribution in [2.75, 3.05) is 14.2 Å². The van der Waals surface area contributed by atoms with Crippen molar-refractivity contribution in [3.05, 3.63) is 0 Å². The van der Waals surface area contributed by atoms with Gasteiger partial charge in [-0.3, -0.25) is 0 Å². The third-order valence-electron chi connectivity index (χ3n) is 2.94. The Morgan fingerprint density at radius 1 is 0.769 bits per heavy atom. The Bertz CT molecular complexity index is 494. The van der Waals surface area contributed by atoms with Gasteiger partial charge in [-0.15, -0.1) is 0 Å². The number of esters is 2. The van der Waals surface area contributed by atoms with E-state index in [2.05, 4.69) is 9.47 Å². The van der Waals surface area contributed by atoms with Gasteiger partial charge in [0.1, 0.15) is 12.6 Å². The smallest absolute Gasteiger partial charge is 0.338 e. The molecule has 0 saturated heterocycles. The molecule has 0 aliphatic rings. The van der Waals surface area contributed by atoms with Crippen LogP contribution in [-0.4, -0.2) is 85.3 Å². The zero-order valence-corrected chi connectivity index (χ0v) is 13.9. The number of hydrogen-bond donors (Lipinski definition) is 2. The van der Waals surface area contributed by atoms with Crippen LogP contribution in [0, 0.1) is 0 Å². The maximum atomic E-state index is 11.9. The van der Waals surface area contributed by atoms with Crippen molar-refractivity contribution >= 4 is 36.4 Å². The van der Waals surface area contributed by atoms with Crippen molar-refractivity contribution in [3.8, 4) is 0 Å². The summed E-state index contributed by atoms with van der Waals surface area (Å²) in [5.41, 5.74) is 0. The topological polar surface area (TPSA) is 180 Å². The number of carbonyl (C=O) groups excluding carboxylic acids is 4. The minimum atomic E-state index is -2.07. The Balaban J connectivity index is 5.79. The number of ether oxygens (including phenoxy) is 4. The fourth-order valence-corrected chi connectivity index (χ4v) is 1.69. The SMILES string of the molecule is COC(=O)C(OC(CC=O)C(=O)O)C(OC(CC=O)C(=O)O)C(=O)OC. The molecule has 0 aromatic carbocycles. The number of aliphatic carboxylic acids is 2. The monoisotopic (exact) mass is 378 g/mol. The van der Waals surface area contributed by atoms with Gasteiger partial charge in [0.05, 0.1) is 14.2 Å². The van der Waals surface area contributed by atoms with Crippen LogP contribution < -0.4 is 0 Å². The fourth-order valence-electron chi connectivity index (χ4n) is 1.69. The molecule has 0 aromatic rings. The van der Waals surface area contributed by atoms with Crippen LogP contribution in [0.4, 0.5) is 0 Å². The van der Waals surface area contributed by atoms with E-state index in [1.807, 2.05) is 0 Å². The lowest BCUT2D eigenvalue weighted by Crippen LogP contribution is -2.50. The van der Waals surface area contributed by atoms with Gasteiger partial charge in [0.25, 0.3) is 0 Å². The Labute approximate surface area is 146 Å². The second kappa shape index (κ2) is 11.7. The molecule has 0 fully saturated rings. The highest BCUT2D eigenvalue weighted by Crippen LogP contribution is 2.16. The summed E-state index contributed by atoms with van der Waals surface area (Å²) in [6, 6.07) is 0. The van der Waals surface area contributed by atoms with Crippen LogP contribution in [0.5, 0.6) is 0 Å². The second-order valence-electron chi connectivity index (χ2n) is 4.62. The molecule has 0 saturated carbocycles. The van der Waals surface area contributed by atoms with Crippen LogP contribution in [-0.2, 0) is 47.7 Å².